The van der Waals surface area contributed by atoms with E-state index in [4.69, 9.17) is 0 Å². The normalized spacial score (nSPS) is 17.0. The maximum absolute atomic E-state index is 13.3. The molecule has 0 aliphatic carbocycles. The molecule has 0 saturated heterocycles. The third kappa shape index (κ3) is 3.59. The molecule has 0 saturated carbocycles. The summed E-state index contributed by atoms with van der Waals surface area (Å²) in [6, 6.07) is 3.63. The first-order valence-electron chi connectivity index (χ1n) is 7.09. The molecule has 0 radical (unpaired) electrons. The number of carbonyl (C=O) groups is 2. The van der Waals surface area contributed by atoms with E-state index in [-0.39, 0.29) is 24.5 Å². The summed E-state index contributed by atoms with van der Waals surface area (Å²) in [7, 11) is 0. The van der Waals surface area contributed by atoms with Gasteiger partial charge in [-0.25, -0.2) is 9.37 Å². The van der Waals surface area contributed by atoms with Crippen molar-refractivity contribution in [1.29, 1.82) is 0 Å². The molecule has 7 nitrogen and oxygen atoms in total. The lowest BCUT2D eigenvalue weighted by Crippen LogP contribution is -2.35. The van der Waals surface area contributed by atoms with Gasteiger partial charge in [0.15, 0.2) is 0 Å². The minimum Gasteiger partial charge on any atom is -0.348 e. The predicted molar refractivity (Wildman–Crippen MR) is 75.6 cm³/mol. The molecule has 1 aromatic heterocycles. The zero-order valence-corrected chi connectivity index (χ0v) is 12.4. The van der Waals surface area contributed by atoms with Gasteiger partial charge in [-0.05, 0) is 17.7 Å². The number of halogens is 4. The number of alkyl halides is 3. The Balaban J connectivity index is 1.72. The highest BCUT2D eigenvalue weighted by atomic mass is 19.4. The van der Waals surface area contributed by atoms with Crippen LogP contribution in [0.1, 0.15) is 29.6 Å². The zero-order valence-electron chi connectivity index (χ0n) is 12.4. The molecule has 3 N–H and O–H groups in total. The maximum atomic E-state index is 13.3. The summed E-state index contributed by atoms with van der Waals surface area (Å²) in [6.07, 6.45) is -4.85. The smallest absolute Gasteiger partial charge is 0.348 e. The molecule has 11 heteroatoms. The second-order valence-corrected chi connectivity index (χ2v) is 5.36. The minimum atomic E-state index is -4.69. The van der Waals surface area contributed by atoms with Crippen LogP contribution in [0.4, 0.5) is 23.2 Å². The Kier molecular flexibility index (Phi) is 4.15. The average Bonchev–Trinajstić information content (AvgIpc) is 3.00. The molecular weight excluding hydrogens is 346 g/mol. The first kappa shape index (κ1) is 16.9. The topological polar surface area (TPSA) is 99.8 Å². The molecule has 25 heavy (non-hydrogen) atoms. The van der Waals surface area contributed by atoms with Crippen LogP contribution in [0.25, 0.3) is 0 Å². The van der Waals surface area contributed by atoms with Gasteiger partial charge in [0.05, 0.1) is 12.5 Å². The van der Waals surface area contributed by atoms with Crippen molar-refractivity contribution in [3.8, 4) is 0 Å². The fourth-order valence-electron chi connectivity index (χ4n) is 2.47. The van der Waals surface area contributed by atoms with Crippen molar-refractivity contribution in [2.75, 3.05) is 5.32 Å². The quantitative estimate of drug-likeness (QED) is 0.728. The van der Waals surface area contributed by atoms with E-state index in [2.05, 4.69) is 25.8 Å². The van der Waals surface area contributed by atoms with Crippen molar-refractivity contribution in [3.05, 3.63) is 41.2 Å². The summed E-state index contributed by atoms with van der Waals surface area (Å²) >= 11 is 0. The number of carbonyl (C=O) groups excluding carboxylic acids is 2. The molecule has 0 unspecified atom stereocenters. The summed E-state index contributed by atoms with van der Waals surface area (Å²) in [4.78, 5) is 27.2. The van der Waals surface area contributed by atoms with E-state index < -0.39 is 35.6 Å². The monoisotopic (exact) mass is 357 g/mol. The lowest BCUT2D eigenvalue weighted by Gasteiger charge is -2.24. The van der Waals surface area contributed by atoms with E-state index in [0.29, 0.717) is 5.56 Å². The molecule has 2 amide bonds. The molecule has 0 bridgehead atoms. The maximum Gasteiger partial charge on any atom is 0.453 e. The molecule has 1 atom stereocenters. The van der Waals surface area contributed by atoms with E-state index in [9.17, 15) is 27.2 Å². The fourth-order valence-corrected chi connectivity index (χ4v) is 2.47. The Hall–Kier alpha value is -2.98. The highest BCUT2D eigenvalue weighted by Crippen LogP contribution is 2.33. The number of aromatic nitrogens is 3. The highest BCUT2D eigenvalue weighted by molar-refractivity contribution is 6.01. The number of hydrogen-bond donors (Lipinski definition) is 3. The number of amides is 2. The van der Waals surface area contributed by atoms with Crippen molar-refractivity contribution in [2.24, 2.45) is 0 Å². The van der Waals surface area contributed by atoms with Crippen LogP contribution in [-0.4, -0.2) is 27.0 Å². The van der Waals surface area contributed by atoms with Crippen LogP contribution in [0, 0.1) is 5.82 Å². The van der Waals surface area contributed by atoms with Gasteiger partial charge >= 0.3 is 6.18 Å². The van der Waals surface area contributed by atoms with Crippen molar-refractivity contribution in [2.45, 2.75) is 25.1 Å². The van der Waals surface area contributed by atoms with Gasteiger partial charge in [0.25, 0.3) is 5.82 Å². The van der Waals surface area contributed by atoms with Gasteiger partial charge in [0.2, 0.25) is 11.8 Å². The standard InChI is InChI=1S/C14H11F4N5O2/c15-6-1-2-7-8(4-11(24)20-9(7)3-6)12(25)19-5-10-21-13(23-22-10)14(16,17)18/h1-3,8H,4-5H2,(H,19,25)(H,20,24)(H,21,22,23)/t8-/m1/s1. The number of fused-ring (bicyclic) bond motifs is 1. The van der Waals surface area contributed by atoms with Crippen molar-refractivity contribution in [3.63, 3.8) is 0 Å². The summed E-state index contributed by atoms with van der Waals surface area (Å²) in [5.74, 6) is -4.02. The SMILES string of the molecule is O=C1C[C@@H](C(=O)NCc2nc(C(F)(F)F)n[nH]2)c2ccc(F)cc2N1. The fraction of sp³-hybridized carbons (Fsp3) is 0.286. The second-order valence-electron chi connectivity index (χ2n) is 5.36. The average molecular weight is 357 g/mol. The van der Waals surface area contributed by atoms with Crippen LogP contribution in [0.5, 0.6) is 0 Å². The molecule has 1 aliphatic heterocycles. The molecule has 132 valence electrons. The second kappa shape index (κ2) is 6.15. The van der Waals surface area contributed by atoms with Gasteiger partial charge in [0, 0.05) is 12.1 Å². The van der Waals surface area contributed by atoms with Crippen LogP contribution in [0.15, 0.2) is 18.2 Å². The van der Waals surface area contributed by atoms with Gasteiger partial charge in [0.1, 0.15) is 11.6 Å². The number of nitrogens with zero attached hydrogens (tertiary/aromatic N) is 2. The third-order valence-corrected chi connectivity index (χ3v) is 3.59. The molecule has 0 fully saturated rings. The van der Waals surface area contributed by atoms with Gasteiger partial charge in [-0.1, -0.05) is 6.07 Å². The van der Waals surface area contributed by atoms with Gasteiger partial charge in [-0.3, -0.25) is 14.7 Å². The minimum absolute atomic E-state index is 0.158. The largest absolute Gasteiger partial charge is 0.453 e. The van der Waals surface area contributed by atoms with Crippen LogP contribution in [0.2, 0.25) is 0 Å². The van der Waals surface area contributed by atoms with Crippen molar-refractivity contribution < 1.29 is 27.2 Å². The Morgan fingerprint density at radius 1 is 1.36 bits per heavy atom. The number of H-pyrrole nitrogens is 1. The van der Waals surface area contributed by atoms with E-state index in [1.165, 1.54) is 6.07 Å². The van der Waals surface area contributed by atoms with Crippen LogP contribution in [0.3, 0.4) is 0 Å². The number of benzene rings is 1. The molecule has 1 aliphatic rings. The molecule has 0 spiro atoms. The molecule has 3 rings (SSSR count). The predicted octanol–water partition coefficient (Wildman–Crippen LogP) is 1.70. The van der Waals surface area contributed by atoms with Crippen LogP contribution in [-0.2, 0) is 22.3 Å². The molecular formula is C14H11F4N5O2. The first-order chi connectivity index (χ1) is 11.7. The number of hydrogen-bond acceptors (Lipinski definition) is 4. The van der Waals surface area contributed by atoms with Crippen LogP contribution >= 0.6 is 0 Å². The first-order valence-corrected chi connectivity index (χ1v) is 7.09. The zero-order chi connectivity index (χ0) is 18.2. The number of aromatic amines is 1. The number of nitrogens with one attached hydrogen (secondary N) is 3. The molecule has 1 aromatic carbocycles. The van der Waals surface area contributed by atoms with Gasteiger partial charge in [-0.2, -0.15) is 13.2 Å². The van der Waals surface area contributed by atoms with Gasteiger partial charge in [-0.15, -0.1) is 5.10 Å². The summed E-state index contributed by atoms with van der Waals surface area (Å²) in [5.41, 5.74) is 0.613. The summed E-state index contributed by atoms with van der Waals surface area (Å²) in [6.45, 7) is -0.323. The Labute approximate surface area is 137 Å². The van der Waals surface area contributed by atoms with E-state index in [1.807, 2.05) is 0 Å². The number of rotatable bonds is 3. The lowest BCUT2D eigenvalue weighted by molar-refractivity contribution is -0.144. The van der Waals surface area contributed by atoms with Crippen LogP contribution < -0.4 is 10.6 Å². The van der Waals surface area contributed by atoms with E-state index in [1.54, 1.807) is 0 Å². The summed E-state index contributed by atoms with van der Waals surface area (Å²) in [5, 5.41) is 9.96. The third-order valence-electron chi connectivity index (χ3n) is 3.59. The lowest BCUT2D eigenvalue weighted by atomic mass is 9.89. The Bertz CT molecular complexity index is 833. The molecule has 2 aromatic rings. The van der Waals surface area contributed by atoms with Gasteiger partial charge < -0.3 is 10.6 Å². The Morgan fingerprint density at radius 2 is 2.12 bits per heavy atom. The van der Waals surface area contributed by atoms with Crippen molar-refractivity contribution >= 4 is 17.5 Å². The number of anilines is 1. The highest BCUT2D eigenvalue weighted by Gasteiger charge is 2.36. The molecule has 2 heterocycles. The van der Waals surface area contributed by atoms with E-state index >= 15 is 0 Å². The Morgan fingerprint density at radius 3 is 2.80 bits per heavy atom. The summed E-state index contributed by atoms with van der Waals surface area (Å²) < 4.78 is 50.5. The van der Waals surface area contributed by atoms with E-state index in [0.717, 1.165) is 12.1 Å². The van der Waals surface area contributed by atoms with Crippen molar-refractivity contribution in [1.82, 2.24) is 20.5 Å².